The first-order valence-corrected chi connectivity index (χ1v) is 7.41. The number of nitrogens with zero attached hydrogens (tertiary/aromatic N) is 2. The van der Waals surface area contributed by atoms with Gasteiger partial charge in [-0.3, -0.25) is 4.79 Å². The van der Waals surface area contributed by atoms with Crippen LogP contribution in [-0.4, -0.2) is 24.9 Å². The zero-order valence-electron chi connectivity index (χ0n) is 12.6. The highest BCUT2D eigenvalue weighted by atomic mass is 79.9. The molecule has 5 heteroatoms. The Hall–Kier alpha value is -2.32. The fourth-order valence-electron chi connectivity index (χ4n) is 1.92. The number of carbonyl (C=O) groups excluding carboxylic acids is 1. The van der Waals surface area contributed by atoms with Gasteiger partial charge in [0.15, 0.2) is 0 Å². The first-order valence-electron chi connectivity index (χ1n) is 6.62. The molecule has 2 aromatic rings. The predicted octanol–water partition coefficient (Wildman–Crippen LogP) is 4.01. The van der Waals surface area contributed by atoms with E-state index in [-0.39, 0.29) is 11.5 Å². The van der Waals surface area contributed by atoms with Gasteiger partial charge in [0, 0.05) is 30.2 Å². The van der Waals surface area contributed by atoms with E-state index in [1.807, 2.05) is 37.3 Å². The van der Waals surface area contributed by atoms with E-state index >= 15 is 0 Å². The number of nitriles is 1. The van der Waals surface area contributed by atoms with Gasteiger partial charge in [-0.15, -0.1) is 0 Å². The summed E-state index contributed by atoms with van der Waals surface area (Å²) in [5.74, 6) is 0.791. The summed E-state index contributed by atoms with van der Waals surface area (Å²) in [6, 6.07) is 11.4. The lowest BCUT2D eigenvalue weighted by Gasteiger charge is -2.07. The highest BCUT2D eigenvalue weighted by Gasteiger charge is 2.13. The van der Waals surface area contributed by atoms with Crippen molar-refractivity contribution >= 4 is 27.9 Å². The second-order valence-electron chi connectivity index (χ2n) is 5.05. The SMILES string of the molecule is Cc1ccc(-c2ccc(C=C(C#N)C(=O)N(C)C)o2)c(Br)c1. The van der Waals surface area contributed by atoms with Crippen molar-refractivity contribution in [2.45, 2.75) is 6.92 Å². The average Bonchev–Trinajstić information content (AvgIpc) is 2.92. The second-order valence-corrected chi connectivity index (χ2v) is 5.91. The third-order valence-electron chi connectivity index (χ3n) is 3.06. The summed E-state index contributed by atoms with van der Waals surface area (Å²) in [4.78, 5) is 13.2. The van der Waals surface area contributed by atoms with Crippen molar-refractivity contribution in [3.8, 4) is 17.4 Å². The number of halogens is 1. The van der Waals surface area contributed by atoms with Gasteiger partial charge >= 0.3 is 0 Å². The zero-order chi connectivity index (χ0) is 16.3. The number of rotatable bonds is 3. The number of amides is 1. The van der Waals surface area contributed by atoms with E-state index in [0.29, 0.717) is 11.5 Å². The van der Waals surface area contributed by atoms with E-state index in [1.165, 1.54) is 11.0 Å². The number of benzene rings is 1. The van der Waals surface area contributed by atoms with Crippen LogP contribution in [0.1, 0.15) is 11.3 Å². The highest BCUT2D eigenvalue weighted by Crippen LogP contribution is 2.31. The Morgan fingerprint density at radius 3 is 2.64 bits per heavy atom. The van der Waals surface area contributed by atoms with Crippen molar-refractivity contribution in [1.82, 2.24) is 4.90 Å². The predicted molar refractivity (Wildman–Crippen MR) is 88.9 cm³/mol. The number of likely N-dealkylation sites (N-methyl/N-ethyl adjacent to an activating group) is 1. The molecule has 0 saturated heterocycles. The Morgan fingerprint density at radius 2 is 2.05 bits per heavy atom. The monoisotopic (exact) mass is 358 g/mol. The van der Waals surface area contributed by atoms with Crippen molar-refractivity contribution in [2.75, 3.05) is 14.1 Å². The molecule has 0 atom stereocenters. The standard InChI is InChI=1S/C17H15BrN2O2/c1-11-4-6-14(15(18)8-11)16-7-5-13(22-16)9-12(10-19)17(21)20(2)3/h4-9H,1-3H3. The van der Waals surface area contributed by atoms with E-state index < -0.39 is 0 Å². The summed E-state index contributed by atoms with van der Waals surface area (Å²) >= 11 is 3.51. The highest BCUT2D eigenvalue weighted by molar-refractivity contribution is 9.10. The van der Waals surface area contributed by atoms with Crippen LogP contribution in [0.25, 0.3) is 17.4 Å². The van der Waals surface area contributed by atoms with Crippen molar-refractivity contribution in [3.63, 3.8) is 0 Å². The van der Waals surface area contributed by atoms with Crippen LogP contribution < -0.4 is 0 Å². The minimum atomic E-state index is -0.350. The van der Waals surface area contributed by atoms with Gasteiger partial charge in [-0.2, -0.15) is 5.26 Å². The summed E-state index contributed by atoms with van der Waals surface area (Å²) < 4.78 is 6.66. The topological polar surface area (TPSA) is 57.2 Å². The lowest BCUT2D eigenvalue weighted by Crippen LogP contribution is -2.22. The average molecular weight is 359 g/mol. The van der Waals surface area contributed by atoms with Crippen LogP contribution in [0.4, 0.5) is 0 Å². The Kier molecular flexibility index (Phi) is 4.84. The largest absolute Gasteiger partial charge is 0.457 e. The maximum absolute atomic E-state index is 11.8. The van der Waals surface area contributed by atoms with Crippen molar-refractivity contribution in [1.29, 1.82) is 5.26 Å². The second kappa shape index (κ2) is 6.63. The first-order chi connectivity index (χ1) is 10.4. The lowest BCUT2D eigenvalue weighted by molar-refractivity contribution is -0.124. The quantitative estimate of drug-likeness (QED) is 0.615. The molecule has 0 aliphatic carbocycles. The van der Waals surface area contributed by atoms with Crippen LogP contribution in [0, 0.1) is 18.3 Å². The number of furan rings is 1. The molecule has 1 aromatic heterocycles. The molecular weight excluding hydrogens is 344 g/mol. The molecule has 1 heterocycles. The van der Waals surface area contributed by atoms with Crippen LogP contribution >= 0.6 is 15.9 Å². The number of carbonyl (C=O) groups is 1. The van der Waals surface area contributed by atoms with Crippen LogP contribution in [0.3, 0.4) is 0 Å². The molecule has 4 nitrogen and oxygen atoms in total. The molecule has 0 saturated carbocycles. The Labute approximate surface area is 137 Å². The van der Waals surface area contributed by atoms with Gasteiger partial charge in [0.05, 0.1) is 0 Å². The maximum atomic E-state index is 11.8. The van der Waals surface area contributed by atoms with Crippen molar-refractivity contribution < 1.29 is 9.21 Å². The minimum absolute atomic E-state index is 0.0360. The van der Waals surface area contributed by atoms with Crippen LogP contribution in [0.2, 0.25) is 0 Å². The normalized spacial score (nSPS) is 11.1. The third-order valence-corrected chi connectivity index (χ3v) is 3.72. The molecule has 0 aliphatic rings. The van der Waals surface area contributed by atoms with Gasteiger partial charge in [0.1, 0.15) is 23.2 Å². The summed E-state index contributed by atoms with van der Waals surface area (Å²) in [6.07, 6.45) is 1.45. The van der Waals surface area contributed by atoms with E-state index in [4.69, 9.17) is 9.68 Å². The molecule has 0 fully saturated rings. The van der Waals surface area contributed by atoms with Gasteiger partial charge in [-0.25, -0.2) is 0 Å². The third kappa shape index (κ3) is 3.46. The number of aryl methyl sites for hydroxylation is 1. The van der Waals surface area contributed by atoms with Crippen LogP contribution in [-0.2, 0) is 4.79 Å². The van der Waals surface area contributed by atoms with Crippen LogP contribution in [0.15, 0.2) is 44.8 Å². The fraction of sp³-hybridized carbons (Fsp3) is 0.176. The van der Waals surface area contributed by atoms with E-state index in [9.17, 15) is 4.79 Å². The van der Waals surface area contributed by atoms with Gasteiger partial charge < -0.3 is 9.32 Å². The van der Waals surface area contributed by atoms with Gasteiger partial charge in [0.2, 0.25) is 0 Å². The van der Waals surface area contributed by atoms with Gasteiger partial charge in [-0.1, -0.05) is 22.0 Å². The van der Waals surface area contributed by atoms with Crippen LogP contribution in [0.5, 0.6) is 0 Å². The molecule has 0 bridgehead atoms. The lowest BCUT2D eigenvalue weighted by atomic mass is 10.1. The van der Waals surface area contributed by atoms with E-state index in [2.05, 4.69) is 15.9 Å². The molecule has 0 radical (unpaired) electrons. The molecule has 2 rings (SSSR count). The number of hydrogen-bond donors (Lipinski definition) is 0. The Balaban J connectivity index is 2.36. The first kappa shape index (κ1) is 16.1. The zero-order valence-corrected chi connectivity index (χ0v) is 14.1. The Bertz CT molecular complexity index is 782. The molecule has 0 aliphatic heterocycles. The smallest absolute Gasteiger partial charge is 0.264 e. The van der Waals surface area contributed by atoms with Crippen molar-refractivity contribution in [2.24, 2.45) is 0 Å². The Morgan fingerprint density at radius 1 is 1.32 bits per heavy atom. The summed E-state index contributed by atoms with van der Waals surface area (Å²) in [5.41, 5.74) is 2.10. The molecule has 0 unspecified atom stereocenters. The molecule has 1 aromatic carbocycles. The molecule has 22 heavy (non-hydrogen) atoms. The molecule has 112 valence electrons. The molecular formula is C17H15BrN2O2. The molecule has 0 N–H and O–H groups in total. The summed E-state index contributed by atoms with van der Waals surface area (Å²) in [5, 5.41) is 9.09. The van der Waals surface area contributed by atoms with Gasteiger partial charge in [-0.05, 0) is 36.8 Å². The molecule has 1 amide bonds. The van der Waals surface area contributed by atoms with Gasteiger partial charge in [0.25, 0.3) is 5.91 Å². The fourth-order valence-corrected chi connectivity index (χ4v) is 2.61. The summed E-state index contributed by atoms with van der Waals surface area (Å²) in [7, 11) is 3.20. The van der Waals surface area contributed by atoms with E-state index in [0.717, 1.165) is 15.6 Å². The van der Waals surface area contributed by atoms with E-state index in [1.54, 1.807) is 20.2 Å². The van der Waals surface area contributed by atoms with Crippen molar-refractivity contribution in [3.05, 3.63) is 51.7 Å². The number of hydrogen-bond acceptors (Lipinski definition) is 3. The maximum Gasteiger partial charge on any atom is 0.264 e. The minimum Gasteiger partial charge on any atom is -0.457 e. The molecule has 0 spiro atoms. The summed E-state index contributed by atoms with van der Waals surface area (Å²) in [6.45, 7) is 2.01.